The van der Waals surface area contributed by atoms with E-state index in [9.17, 15) is 0 Å². The SMILES string of the molecule is C=C(/C=C/Nc1ccc(CCO)cc1)C(C)(C)c1ccccc1NC. The van der Waals surface area contributed by atoms with Crippen molar-refractivity contribution in [3.8, 4) is 0 Å². The van der Waals surface area contributed by atoms with Crippen LogP contribution in [0.25, 0.3) is 0 Å². The first-order valence-corrected chi connectivity index (χ1v) is 8.58. The topological polar surface area (TPSA) is 44.3 Å². The number of anilines is 2. The molecule has 0 bridgehead atoms. The molecular weight excluding hydrogens is 308 g/mol. The Bertz CT molecular complexity index is 730. The number of rotatable bonds is 8. The van der Waals surface area contributed by atoms with Gasteiger partial charge in [-0.3, -0.25) is 0 Å². The predicted octanol–water partition coefficient (Wildman–Crippen LogP) is 4.72. The van der Waals surface area contributed by atoms with E-state index in [0.29, 0.717) is 6.42 Å². The summed E-state index contributed by atoms with van der Waals surface area (Å²) < 4.78 is 0. The highest BCUT2D eigenvalue weighted by Gasteiger charge is 2.25. The standard InChI is InChI=1S/C22H28N2O/c1-17(22(2,3)20-7-5-6-8-21(20)23-4)13-15-24-19-11-9-18(10-12-19)14-16-25/h5-13,15,23-25H,1,14,16H2,2-4H3/b15-13+. The number of benzene rings is 2. The van der Waals surface area contributed by atoms with E-state index in [1.165, 1.54) is 5.56 Å². The van der Waals surface area contributed by atoms with Gasteiger partial charge in [-0.15, -0.1) is 0 Å². The van der Waals surface area contributed by atoms with Gasteiger partial charge in [-0.1, -0.05) is 50.8 Å². The van der Waals surface area contributed by atoms with Crippen LogP contribution in [0.5, 0.6) is 0 Å². The zero-order valence-electron chi connectivity index (χ0n) is 15.3. The smallest absolute Gasteiger partial charge is 0.0471 e. The summed E-state index contributed by atoms with van der Waals surface area (Å²) in [5.74, 6) is 0. The average Bonchev–Trinajstić information content (AvgIpc) is 2.63. The van der Waals surface area contributed by atoms with Crippen LogP contribution in [-0.2, 0) is 11.8 Å². The number of aliphatic hydroxyl groups is 1. The van der Waals surface area contributed by atoms with Crippen LogP contribution in [0.3, 0.4) is 0 Å². The van der Waals surface area contributed by atoms with Crippen molar-refractivity contribution in [3.05, 3.63) is 84.1 Å². The van der Waals surface area contributed by atoms with Crippen LogP contribution in [0.2, 0.25) is 0 Å². The molecular formula is C22H28N2O. The lowest BCUT2D eigenvalue weighted by atomic mass is 9.77. The van der Waals surface area contributed by atoms with Crippen LogP contribution in [0.1, 0.15) is 25.0 Å². The van der Waals surface area contributed by atoms with Gasteiger partial charge in [0.15, 0.2) is 0 Å². The van der Waals surface area contributed by atoms with Gasteiger partial charge in [-0.25, -0.2) is 0 Å². The molecule has 0 fully saturated rings. The number of allylic oxidation sites excluding steroid dienone is 2. The number of para-hydroxylation sites is 1. The molecule has 0 spiro atoms. The van der Waals surface area contributed by atoms with Gasteiger partial charge in [0.1, 0.15) is 0 Å². The maximum atomic E-state index is 8.96. The highest BCUT2D eigenvalue weighted by Crippen LogP contribution is 2.35. The normalized spacial score (nSPS) is 11.5. The van der Waals surface area contributed by atoms with Gasteiger partial charge in [-0.2, -0.15) is 0 Å². The van der Waals surface area contributed by atoms with Crippen LogP contribution >= 0.6 is 0 Å². The van der Waals surface area contributed by atoms with Gasteiger partial charge in [0.25, 0.3) is 0 Å². The third kappa shape index (κ3) is 4.74. The van der Waals surface area contributed by atoms with Crippen molar-refractivity contribution in [1.82, 2.24) is 0 Å². The van der Waals surface area contributed by atoms with Gasteiger partial charge >= 0.3 is 0 Å². The molecule has 0 unspecified atom stereocenters. The molecule has 0 amide bonds. The maximum Gasteiger partial charge on any atom is 0.0471 e. The molecule has 3 N–H and O–H groups in total. The van der Waals surface area contributed by atoms with E-state index in [2.05, 4.69) is 49.3 Å². The summed E-state index contributed by atoms with van der Waals surface area (Å²) >= 11 is 0. The highest BCUT2D eigenvalue weighted by atomic mass is 16.2. The minimum absolute atomic E-state index is 0.176. The van der Waals surface area contributed by atoms with Crippen molar-refractivity contribution in [1.29, 1.82) is 0 Å². The molecule has 3 heteroatoms. The van der Waals surface area contributed by atoms with Gasteiger partial charge < -0.3 is 15.7 Å². The van der Waals surface area contributed by atoms with Crippen molar-refractivity contribution in [2.45, 2.75) is 25.7 Å². The fourth-order valence-electron chi connectivity index (χ4n) is 2.76. The molecule has 0 heterocycles. The molecule has 0 aliphatic heterocycles. The Labute approximate surface area is 151 Å². The maximum absolute atomic E-state index is 8.96. The van der Waals surface area contributed by atoms with Crippen LogP contribution < -0.4 is 10.6 Å². The third-order valence-electron chi connectivity index (χ3n) is 4.56. The molecule has 2 aromatic carbocycles. The zero-order chi connectivity index (χ0) is 18.3. The minimum atomic E-state index is -0.178. The number of hydrogen-bond donors (Lipinski definition) is 3. The first-order chi connectivity index (χ1) is 12.0. The van der Waals surface area contributed by atoms with Crippen LogP contribution in [0, 0.1) is 0 Å². The van der Waals surface area contributed by atoms with Crippen LogP contribution in [-0.4, -0.2) is 18.8 Å². The Kier molecular flexibility index (Phi) is 6.43. The molecule has 25 heavy (non-hydrogen) atoms. The lowest BCUT2D eigenvalue weighted by Crippen LogP contribution is -2.20. The monoisotopic (exact) mass is 336 g/mol. The lowest BCUT2D eigenvalue weighted by Gasteiger charge is -2.28. The summed E-state index contributed by atoms with van der Waals surface area (Å²) in [6.45, 7) is 8.80. The Hall–Kier alpha value is -2.52. The molecule has 0 atom stereocenters. The number of nitrogens with one attached hydrogen (secondary N) is 2. The van der Waals surface area contributed by atoms with Gasteiger partial charge in [0.2, 0.25) is 0 Å². The molecule has 0 aliphatic carbocycles. The summed E-state index contributed by atoms with van der Waals surface area (Å²) in [6.07, 6.45) is 4.63. The van der Waals surface area contributed by atoms with Crippen molar-refractivity contribution in [3.63, 3.8) is 0 Å². The summed E-state index contributed by atoms with van der Waals surface area (Å²) in [5, 5.41) is 15.5. The Morgan fingerprint density at radius 1 is 1.12 bits per heavy atom. The lowest BCUT2D eigenvalue weighted by molar-refractivity contribution is 0.299. The first-order valence-electron chi connectivity index (χ1n) is 8.58. The predicted molar refractivity (Wildman–Crippen MR) is 108 cm³/mol. The van der Waals surface area contributed by atoms with E-state index in [1.807, 2.05) is 49.7 Å². The number of aliphatic hydroxyl groups excluding tert-OH is 1. The molecule has 0 saturated carbocycles. The van der Waals surface area contributed by atoms with Gasteiger partial charge in [0, 0.05) is 36.6 Å². The second-order valence-corrected chi connectivity index (χ2v) is 6.59. The van der Waals surface area contributed by atoms with E-state index >= 15 is 0 Å². The third-order valence-corrected chi connectivity index (χ3v) is 4.56. The average molecular weight is 336 g/mol. The van der Waals surface area contributed by atoms with Gasteiger partial charge in [0.05, 0.1) is 0 Å². The molecule has 3 nitrogen and oxygen atoms in total. The molecule has 0 radical (unpaired) electrons. The largest absolute Gasteiger partial charge is 0.396 e. The van der Waals surface area contributed by atoms with Crippen LogP contribution in [0.4, 0.5) is 11.4 Å². The van der Waals surface area contributed by atoms with E-state index in [0.717, 1.165) is 22.5 Å². The fraction of sp³-hybridized carbons (Fsp3) is 0.273. The van der Waals surface area contributed by atoms with Crippen LogP contribution in [0.15, 0.2) is 73.0 Å². The summed E-state index contributed by atoms with van der Waals surface area (Å²) in [6, 6.07) is 16.4. The Morgan fingerprint density at radius 2 is 1.80 bits per heavy atom. The van der Waals surface area contributed by atoms with E-state index < -0.39 is 0 Å². The second kappa shape index (κ2) is 8.54. The highest BCUT2D eigenvalue weighted by molar-refractivity contribution is 5.58. The fourth-order valence-corrected chi connectivity index (χ4v) is 2.76. The molecule has 0 saturated heterocycles. The second-order valence-electron chi connectivity index (χ2n) is 6.59. The summed E-state index contributed by atoms with van der Waals surface area (Å²) in [4.78, 5) is 0. The first kappa shape index (κ1) is 18.8. The molecule has 132 valence electrons. The zero-order valence-corrected chi connectivity index (χ0v) is 15.3. The molecule has 2 aromatic rings. The van der Waals surface area contributed by atoms with Crippen molar-refractivity contribution >= 4 is 11.4 Å². The van der Waals surface area contributed by atoms with Crippen molar-refractivity contribution < 1.29 is 5.11 Å². The van der Waals surface area contributed by atoms with E-state index in [1.54, 1.807) is 0 Å². The Morgan fingerprint density at radius 3 is 2.44 bits per heavy atom. The molecule has 0 aromatic heterocycles. The van der Waals surface area contributed by atoms with E-state index in [4.69, 9.17) is 5.11 Å². The van der Waals surface area contributed by atoms with E-state index in [-0.39, 0.29) is 12.0 Å². The van der Waals surface area contributed by atoms with Gasteiger partial charge in [-0.05, 0) is 47.4 Å². The quantitative estimate of drug-likeness (QED) is 0.611. The Balaban J connectivity index is 2.05. The summed E-state index contributed by atoms with van der Waals surface area (Å²) in [7, 11) is 1.94. The molecule has 0 aliphatic rings. The molecule has 2 rings (SSSR count). The summed E-state index contributed by atoms with van der Waals surface area (Å²) in [5.41, 5.74) is 5.34. The minimum Gasteiger partial charge on any atom is -0.396 e. The van der Waals surface area contributed by atoms with Crippen molar-refractivity contribution in [2.75, 3.05) is 24.3 Å². The van der Waals surface area contributed by atoms with Crippen molar-refractivity contribution in [2.24, 2.45) is 0 Å². The number of hydrogen-bond acceptors (Lipinski definition) is 3.